The fraction of sp³-hybridized carbons (Fsp3) is 0.429. The molecule has 5 heteroatoms. The van der Waals surface area contributed by atoms with Crippen LogP contribution in [-0.2, 0) is 4.79 Å². The molecule has 1 fully saturated rings. The van der Waals surface area contributed by atoms with Crippen LogP contribution in [0.4, 0.5) is 0 Å². The molecular weight excluding hydrogens is 242 g/mol. The molecule has 2 aromatic rings. The molecule has 19 heavy (non-hydrogen) atoms. The second-order valence-electron chi connectivity index (χ2n) is 5.18. The molecule has 0 bridgehead atoms. The van der Waals surface area contributed by atoms with E-state index >= 15 is 0 Å². The number of carboxylic acids is 1. The highest BCUT2D eigenvalue weighted by molar-refractivity contribution is 5.80. The Labute approximate surface area is 111 Å². The average Bonchev–Trinajstić information content (AvgIpc) is 3.03. The van der Waals surface area contributed by atoms with E-state index in [0.29, 0.717) is 12.8 Å². The maximum atomic E-state index is 11.4. The topological polar surface area (TPSA) is 67.2 Å². The predicted molar refractivity (Wildman–Crippen MR) is 72.0 cm³/mol. The number of fused-ring (bicyclic) bond motifs is 1. The molecule has 0 aliphatic heterocycles. The van der Waals surface area contributed by atoms with Gasteiger partial charge in [-0.05, 0) is 32.4 Å². The number of aromatic nitrogens is 2. The number of likely N-dealkylation sites (N-methyl/N-ethyl adjacent to an activating group) is 1. The molecule has 0 radical (unpaired) electrons. The van der Waals surface area contributed by atoms with Gasteiger partial charge in [0.25, 0.3) is 0 Å². The van der Waals surface area contributed by atoms with Crippen LogP contribution in [0.15, 0.2) is 30.5 Å². The van der Waals surface area contributed by atoms with Gasteiger partial charge in [-0.25, -0.2) is 0 Å². The highest BCUT2D eigenvalue weighted by Gasteiger charge is 2.45. The normalized spacial score (nSPS) is 26.9. The first-order valence-corrected chi connectivity index (χ1v) is 6.51. The Hall–Kier alpha value is -1.88. The minimum Gasteiger partial charge on any atom is -0.480 e. The quantitative estimate of drug-likeness (QED) is 0.882. The van der Waals surface area contributed by atoms with Crippen LogP contribution in [0.3, 0.4) is 0 Å². The summed E-state index contributed by atoms with van der Waals surface area (Å²) in [7, 11) is 1.72. The maximum Gasteiger partial charge on any atom is 0.323 e. The maximum absolute atomic E-state index is 11.4. The highest BCUT2D eigenvalue weighted by Crippen LogP contribution is 2.38. The van der Waals surface area contributed by atoms with E-state index in [1.165, 1.54) is 0 Å². The van der Waals surface area contributed by atoms with Gasteiger partial charge in [0.1, 0.15) is 5.54 Å². The Morgan fingerprint density at radius 1 is 1.53 bits per heavy atom. The Morgan fingerprint density at radius 3 is 3.00 bits per heavy atom. The molecule has 2 N–H and O–H groups in total. The standard InChI is InChI=1S/C14H17N3O2/c1-15-14(13(18)19)7-6-11(8-14)17-12-5-3-2-4-10(12)9-16-17/h2-5,9,11,15H,6-8H2,1H3,(H,18,19). The third kappa shape index (κ3) is 1.81. The molecule has 1 aromatic carbocycles. The van der Waals surface area contributed by atoms with E-state index < -0.39 is 11.5 Å². The molecule has 1 aromatic heterocycles. The van der Waals surface area contributed by atoms with Gasteiger partial charge < -0.3 is 10.4 Å². The summed E-state index contributed by atoms with van der Waals surface area (Å²) in [6.07, 6.45) is 3.89. The summed E-state index contributed by atoms with van der Waals surface area (Å²) in [6.45, 7) is 0. The summed E-state index contributed by atoms with van der Waals surface area (Å²) in [5.41, 5.74) is 0.266. The van der Waals surface area contributed by atoms with Gasteiger partial charge in [0, 0.05) is 5.39 Å². The van der Waals surface area contributed by atoms with Crippen LogP contribution in [0.2, 0.25) is 0 Å². The molecule has 3 rings (SSSR count). The summed E-state index contributed by atoms with van der Waals surface area (Å²) in [6, 6.07) is 8.16. The van der Waals surface area contributed by atoms with E-state index in [-0.39, 0.29) is 6.04 Å². The van der Waals surface area contributed by atoms with Gasteiger partial charge in [-0.1, -0.05) is 18.2 Å². The highest BCUT2D eigenvalue weighted by atomic mass is 16.4. The summed E-state index contributed by atoms with van der Waals surface area (Å²) in [5, 5.41) is 17.9. The van der Waals surface area contributed by atoms with Gasteiger partial charge in [0.2, 0.25) is 0 Å². The molecule has 0 amide bonds. The van der Waals surface area contributed by atoms with Crippen molar-refractivity contribution in [1.29, 1.82) is 0 Å². The molecule has 2 unspecified atom stereocenters. The van der Waals surface area contributed by atoms with Crippen molar-refractivity contribution in [1.82, 2.24) is 15.1 Å². The van der Waals surface area contributed by atoms with Crippen LogP contribution in [0, 0.1) is 0 Å². The second-order valence-corrected chi connectivity index (χ2v) is 5.18. The SMILES string of the molecule is CNC1(C(=O)O)CCC(n2ncc3ccccc32)C1. The van der Waals surface area contributed by atoms with Crippen molar-refractivity contribution < 1.29 is 9.90 Å². The lowest BCUT2D eigenvalue weighted by atomic mass is 9.98. The van der Waals surface area contributed by atoms with Gasteiger partial charge in [0.15, 0.2) is 0 Å². The minimum absolute atomic E-state index is 0.142. The van der Waals surface area contributed by atoms with Gasteiger partial charge in [-0.15, -0.1) is 0 Å². The third-order valence-electron chi connectivity index (χ3n) is 4.23. The second kappa shape index (κ2) is 4.35. The van der Waals surface area contributed by atoms with E-state index in [0.717, 1.165) is 17.3 Å². The first-order valence-electron chi connectivity index (χ1n) is 6.51. The van der Waals surface area contributed by atoms with Crippen LogP contribution < -0.4 is 5.32 Å². The molecule has 1 aliphatic rings. The van der Waals surface area contributed by atoms with Crippen LogP contribution in [0.1, 0.15) is 25.3 Å². The molecule has 5 nitrogen and oxygen atoms in total. The van der Waals surface area contributed by atoms with Gasteiger partial charge in [0.05, 0.1) is 17.8 Å². The van der Waals surface area contributed by atoms with Crippen LogP contribution in [0.5, 0.6) is 0 Å². The van der Waals surface area contributed by atoms with E-state index in [9.17, 15) is 9.90 Å². The summed E-state index contributed by atoms with van der Waals surface area (Å²) in [4.78, 5) is 11.4. The molecule has 0 saturated heterocycles. The van der Waals surface area contributed by atoms with E-state index in [1.54, 1.807) is 7.05 Å². The van der Waals surface area contributed by atoms with Gasteiger partial charge in [-0.3, -0.25) is 9.48 Å². The Bertz CT molecular complexity index is 622. The van der Waals surface area contributed by atoms with Crippen molar-refractivity contribution in [3.05, 3.63) is 30.5 Å². The number of carbonyl (C=O) groups is 1. The zero-order valence-electron chi connectivity index (χ0n) is 10.8. The zero-order chi connectivity index (χ0) is 13.5. The number of carboxylic acid groups (broad SMARTS) is 1. The molecule has 100 valence electrons. The van der Waals surface area contributed by atoms with Crippen LogP contribution >= 0.6 is 0 Å². The summed E-state index contributed by atoms with van der Waals surface area (Å²) >= 11 is 0. The molecule has 0 spiro atoms. The number of hydrogen-bond acceptors (Lipinski definition) is 3. The monoisotopic (exact) mass is 259 g/mol. The number of hydrogen-bond donors (Lipinski definition) is 2. The van der Waals surface area contributed by atoms with Crippen LogP contribution in [0.25, 0.3) is 10.9 Å². The number of nitrogens with zero attached hydrogens (tertiary/aromatic N) is 2. The van der Waals surface area contributed by atoms with Crippen molar-refractivity contribution in [2.45, 2.75) is 30.8 Å². The summed E-state index contributed by atoms with van der Waals surface area (Å²) in [5.74, 6) is -0.769. The number of para-hydroxylation sites is 1. The van der Waals surface area contributed by atoms with Crippen LogP contribution in [-0.4, -0.2) is 33.4 Å². The van der Waals surface area contributed by atoms with Crippen molar-refractivity contribution in [3.63, 3.8) is 0 Å². The lowest BCUT2D eigenvalue weighted by Gasteiger charge is -2.23. The van der Waals surface area contributed by atoms with Gasteiger partial charge in [-0.2, -0.15) is 5.10 Å². The Balaban J connectivity index is 1.95. The lowest BCUT2D eigenvalue weighted by molar-refractivity contribution is -0.144. The molecule has 2 atom stereocenters. The third-order valence-corrected chi connectivity index (χ3v) is 4.23. The molecule has 1 heterocycles. The number of nitrogens with one attached hydrogen (secondary N) is 1. The van der Waals surface area contributed by atoms with E-state index in [1.807, 2.05) is 35.1 Å². The first kappa shape index (κ1) is 12.2. The summed E-state index contributed by atoms with van der Waals surface area (Å²) < 4.78 is 1.97. The predicted octanol–water partition coefficient (Wildman–Crippen LogP) is 1.80. The van der Waals surface area contributed by atoms with E-state index in [4.69, 9.17) is 0 Å². The zero-order valence-corrected chi connectivity index (χ0v) is 10.8. The first-order chi connectivity index (χ1) is 9.16. The molecule has 1 saturated carbocycles. The van der Waals surface area contributed by atoms with Crippen molar-refractivity contribution in [3.8, 4) is 0 Å². The smallest absolute Gasteiger partial charge is 0.323 e. The minimum atomic E-state index is -0.808. The number of rotatable bonds is 3. The average molecular weight is 259 g/mol. The fourth-order valence-electron chi connectivity index (χ4n) is 3.04. The Kier molecular flexibility index (Phi) is 2.78. The fourth-order valence-corrected chi connectivity index (χ4v) is 3.04. The number of aliphatic carboxylic acids is 1. The Morgan fingerprint density at radius 2 is 2.32 bits per heavy atom. The lowest BCUT2D eigenvalue weighted by Crippen LogP contribution is -2.48. The number of benzene rings is 1. The van der Waals surface area contributed by atoms with Crippen molar-refractivity contribution in [2.24, 2.45) is 0 Å². The molecular formula is C14H17N3O2. The largest absolute Gasteiger partial charge is 0.480 e. The van der Waals surface area contributed by atoms with Crippen molar-refractivity contribution in [2.75, 3.05) is 7.05 Å². The van der Waals surface area contributed by atoms with Gasteiger partial charge >= 0.3 is 5.97 Å². The van der Waals surface area contributed by atoms with E-state index in [2.05, 4.69) is 10.4 Å². The van der Waals surface area contributed by atoms with Crippen molar-refractivity contribution >= 4 is 16.9 Å². The molecule has 1 aliphatic carbocycles.